The Hall–Kier alpha value is -1.43. The smallest absolute Gasteiger partial charge is 0.305 e. The van der Waals surface area contributed by atoms with Crippen LogP contribution in [0, 0.1) is 11.2 Å². The minimum Gasteiger partial charge on any atom is -0.481 e. The molecule has 0 radical (unpaired) electrons. The molecule has 1 rings (SSSR count). The van der Waals surface area contributed by atoms with Crippen LogP contribution in [0.15, 0.2) is 22.7 Å². The number of aliphatic carboxylic acids is 1. The molecule has 6 heteroatoms. The zero-order valence-electron chi connectivity index (χ0n) is 12.2. The highest BCUT2D eigenvalue weighted by Crippen LogP contribution is 2.23. The predicted octanol–water partition coefficient (Wildman–Crippen LogP) is 3.60. The van der Waals surface area contributed by atoms with Crippen molar-refractivity contribution in [2.24, 2.45) is 5.41 Å². The van der Waals surface area contributed by atoms with E-state index in [1.165, 1.54) is 18.2 Å². The van der Waals surface area contributed by atoms with Gasteiger partial charge in [0.05, 0.1) is 12.0 Å². The number of carbonyl (C=O) groups is 2. The van der Waals surface area contributed by atoms with Gasteiger partial charge in [0, 0.05) is 10.5 Å². The lowest BCUT2D eigenvalue weighted by molar-refractivity contribution is -0.137. The van der Waals surface area contributed by atoms with Gasteiger partial charge in [-0.3, -0.25) is 9.59 Å². The van der Waals surface area contributed by atoms with Crippen LogP contribution < -0.4 is 5.32 Å². The Bertz CT molecular complexity index is 540. The van der Waals surface area contributed by atoms with Crippen LogP contribution in [0.5, 0.6) is 0 Å². The summed E-state index contributed by atoms with van der Waals surface area (Å²) in [6, 6.07) is 3.27. The number of hydrogen-bond acceptors (Lipinski definition) is 2. The lowest BCUT2D eigenvalue weighted by Gasteiger charge is -2.26. The first-order chi connectivity index (χ1) is 9.58. The van der Waals surface area contributed by atoms with E-state index in [9.17, 15) is 14.0 Å². The minimum absolute atomic E-state index is 0.118. The summed E-state index contributed by atoms with van der Waals surface area (Å²) in [4.78, 5) is 23.1. The normalized spacial score (nSPS) is 12.8. The lowest BCUT2D eigenvalue weighted by atomic mass is 9.87. The molecule has 0 fully saturated rings. The van der Waals surface area contributed by atoms with Crippen LogP contribution in [0.2, 0.25) is 0 Å². The molecule has 0 heterocycles. The molecule has 0 saturated heterocycles. The van der Waals surface area contributed by atoms with Gasteiger partial charge < -0.3 is 10.4 Å². The maximum absolute atomic E-state index is 13.0. The van der Waals surface area contributed by atoms with E-state index in [1.54, 1.807) is 0 Å². The number of rotatable bonds is 5. The van der Waals surface area contributed by atoms with Crippen LogP contribution in [0.25, 0.3) is 0 Å². The number of halogens is 2. The molecule has 0 aliphatic heterocycles. The van der Waals surface area contributed by atoms with Gasteiger partial charge in [-0.1, -0.05) is 20.8 Å². The molecule has 1 atom stereocenters. The van der Waals surface area contributed by atoms with Gasteiger partial charge in [0.15, 0.2) is 0 Å². The van der Waals surface area contributed by atoms with E-state index in [2.05, 4.69) is 21.2 Å². The summed E-state index contributed by atoms with van der Waals surface area (Å²) in [6.45, 7) is 5.92. The Kier molecular flexibility index (Phi) is 5.89. The summed E-state index contributed by atoms with van der Waals surface area (Å²) in [6.07, 6.45) is 0.381. The molecule has 1 aromatic carbocycles. The molecule has 21 heavy (non-hydrogen) atoms. The summed E-state index contributed by atoms with van der Waals surface area (Å²) in [5.74, 6) is -1.84. The molecule has 0 bridgehead atoms. The number of carboxylic acid groups (broad SMARTS) is 1. The van der Waals surface area contributed by atoms with Gasteiger partial charge in [-0.2, -0.15) is 0 Å². The average Bonchev–Trinajstić information content (AvgIpc) is 2.24. The molecule has 1 unspecified atom stereocenters. The van der Waals surface area contributed by atoms with E-state index >= 15 is 0 Å². The van der Waals surface area contributed by atoms with Crippen molar-refractivity contribution in [3.63, 3.8) is 0 Å². The number of hydrogen-bond donors (Lipinski definition) is 2. The highest BCUT2D eigenvalue weighted by molar-refractivity contribution is 9.10. The summed E-state index contributed by atoms with van der Waals surface area (Å²) < 4.78 is 13.4. The van der Waals surface area contributed by atoms with Crippen molar-refractivity contribution in [2.75, 3.05) is 0 Å². The third kappa shape index (κ3) is 6.25. The molecule has 2 N–H and O–H groups in total. The number of amides is 1. The van der Waals surface area contributed by atoms with Gasteiger partial charge in [0.1, 0.15) is 5.82 Å². The van der Waals surface area contributed by atoms with Gasteiger partial charge in [-0.15, -0.1) is 0 Å². The van der Waals surface area contributed by atoms with Crippen LogP contribution in [-0.2, 0) is 4.79 Å². The molecule has 0 saturated carbocycles. The second-order valence-electron chi connectivity index (χ2n) is 6.16. The Morgan fingerprint density at radius 3 is 2.48 bits per heavy atom. The Morgan fingerprint density at radius 1 is 1.38 bits per heavy atom. The Balaban J connectivity index is 2.86. The monoisotopic (exact) mass is 359 g/mol. The fraction of sp³-hybridized carbons (Fsp3) is 0.467. The molecule has 0 aliphatic rings. The Morgan fingerprint density at radius 2 is 2.00 bits per heavy atom. The third-order valence-corrected chi connectivity index (χ3v) is 3.45. The van der Waals surface area contributed by atoms with Gasteiger partial charge >= 0.3 is 5.97 Å². The van der Waals surface area contributed by atoms with E-state index in [1.807, 2.05) is 20.8 Å². The van der Waals surface area contributed by atoms with Crippen molar-refractivity contribution in [1.29, 1.82) is 0 Å². The second-order valence-corrected chi connectivity index (χ2v) is 7.01. The first-order valence-corrected chi connectivity index (χ1v) is 7.35. The molecule has 1 aromatic rings. The van der Waals surface area contributed by atoms with Gasteiger partial charge in [0.2, 0.25) is 0 Å². The first kappa shape index (κ1) is 17.6. The number of carbonyl (C=O) groups excluding carboxylic acids is 1. The van der Waals surface area contributed by atoms with E-state index in [0.717, 1.165) is 0 Å². The molecule has 0 spiro atoms. The summed E-state index contributed by atoms with van der Waals surface area (Å²) >= 11 is 3.13. The van der Waals surface area contributed by atoms with Crippen LogP contribution in [-0.4, -0.2) is 23.0 Å². The van der Waals surface area contributed by atoms with E-state index in [-0.39, 0.29) is 17.4 Å². The minimum atomic E-state index is -0.970. The zero-order chi connectivity index (χ0) is 16.2. The lowest BCUT2D eigenvalue weighted by Crippen LogP contribution is -2.39. The van der Waals surface area contributed by atoms with Crippen LogP contribution >= 0.6 is 15.9 Å². The maximum Gasteiger partial charge on any atom is 0.305 e. The zero-order valence-corrected chi connectivity index (χ0v) is 13.8. The fourth-order valence-corrected chi connectivity index (χ4v) is 2.59. The second kappa shape index (κ2) is 7.02. The Labute approximate surface area is 131 Å². The third-order valence-electron chi connectivity index (χ3n) is 2.79. The SMILES string of the molecule is CC(C)(C)CC(CC(=O)O)NC(=O)c1ccc(F)cc1Br. The van der Waals surface area contributed by atoms with Crippen LogP contribution in [0.3, 0.4) is 0 Å². The van der Waals surface area contributed by atoms with E-state index in [4.69, 9.17) is 5.11 Å². The quantitative estimate of drug-likeness (QED) is 0.843. The largest absolute Gasteiger partial charge is 0.481 e. The molecular weight excluding hydrogens is 341 g/mol. The highest BCUT2D eigenvalue weighted by Gasteiger charge is 2.23. The van der Waals surface area contributed by atoms with Crippen molar-refractivity contribution in [2.45, 2.75) is 39.7 Å². The van der Waals surface area contributed by atoms with Crippen LogP contribution in [0.1, 0.15) is 44.0 Å². The summed E-state index contributed by atoms with van der Waals surface area (Å²) in [7, 11) is 0. The number of carboxylic acids is 1. The first-order valence-electron chi connectivity index (χ1n) is 6.56. The van der Waals surface area contributed by atoms with Gasteiger partial charge in [-0.05, 0) is 46.0 Å². The molecule has 1 amide bonds. The number of nitrogens with one attached hydrogen (secondary N) is 1. The number of benzene rings is 1. The topological polar surface area (TPSA) is 66.4 Å². The van der Waals surface area contributed by atoms with E-state index < -0.39 is 23.7 Å². The fourth-order valence-electron chi connectivity index (χ4n) is 2.06. The molecule has 4 nitrogen and oxygen atoms in total. The summed E-state index contributed by atoms with van der Waals surface area (Å²) in [5.41, 5.74) is 0.161. The highest BCUT2D eigenvalue weighted by atomic mass is 79.9. The standard InChI is InChI=1S/C15H19BrFNO3/c1-15(2,3)8-10(7-13(19)20)18-14(21)11-5-4-9(17)6-12(11)16/h4-6,10H,7-8H2,1-3H3,(H,18,21)(H,19,20). The molecule has 0 aliphatic carbocycles. The van der Waals surface area contributed by atoms with Crippen molar-refractivity contribution in [3.05, 3.63) is 34.1 Å². The predicted molar refractivity (Wildman–Crippen MR) is 81.7 cm³/mol. The van der Waals surface area contributed by atoms with Crippen molar-refractivity contribution < 1.29 is 19.1 Å². The van der Waals surface area contributed by atoms with Gasteiger partial charge in [0.25, 0.3) is 5.91 Å². The summed E-state index contributed by atoms with van der Waals surface area (Å²) in [5, 5.41) is 11.7. The molecule has 116 valence electrons. The van der Waals surface area contributed by atoms with Crippen molar-refractivity contribution in [3.8, 4) is 0 Å². The van der Waals surface area contributed by atoms with Gasteiger partial charge in [-0.25, -0.2) is 4.39 Å². The average molecular weight is 360 g/mol. The molecular formula is C15H19BrFNO3. The maximum atomic E-state index is 13.0. The van der Waals surface area contributed by atoms with Crippen molar-refractivity contribution >= 4 is 27.8 Å². The molecule has 0 aromatic heterocycles. The van der Waals surface area contributed by atoms with Crippen molar-refractivity contribution in [1.82, 2.24) is 5.32 Å². The van der Waals surface area contributed by atoms with Crippen LogP contribution in [0.4, 0.5) is 4.39 Å². The van der Waals surface area contributed by atoms with E-state index in [0.29, 0.717) is 10.9 Å².